The Morgan fingerprint density at radius 2 is 1.95 bits per heavy atom. The van der Waals surface area contributed by atoms with Gasteiger partial charge in [0.25, 0.3) is 0 Å². The Kier molecular flexibility index (Phi) is 2.90. The second kappa shape index (κ2) is 4.71. The summed E-state index contributed by atoms with van der Waals surface area (Å²) in [4.78, 5) is 4.92. The maximum atomic E-state index is 9.05. The van der Waals surface area contributed by atoms with Crippen LogP contribution in [0.25, 0.3) is 22.0 Å². The van der Waals surface area contributed by atoms with Gasteiger partial charge in [-0.2, -0.15) is 5.26 Å². The Morgan fingerprint density at radius 1 is 1.16 bits per heavy atom. The summed E-state index contributed by atoms with van der Waals surface area (Å²) in [7, 11) is 1.66. The highest BCUT2D eigenvalue weighted by molar-refractivity contribution is 7.10. The highest BCUT2D eigenvalue weighted by Crippen LogP contribution is 2.29. The minimum atomic E-state index is 0.646. The van der Waals surface area contributed by atoms with Crippen molar-refractivity contribution in [2.45, 2.75) is 0 Å². The Morgan fingerprint density at radius 3 is 2.74 bits per heavy atom. The summed E-state index contributed by atoms with van der Waals surface area (Å²) in [5, 5.41) is 11.3. The van der Waals surface area contributed by atoms with Crippen LogP contribution in [0.4, 0.5) is 0 Å². The number of methoxy groups -OCH3 is 1. The number of ether oxygens (including phenoxy) is 1. The molecule has 0 N–H and O–H groups in total. The highest BCUT2D eigenvalue weighted by atomic mass is 32.1. The average Bonchev–Trinajstić information content (AvgIpc) is 2.94. The van der Waals surface area contributed by atoms with Gasteiger partial charge in [0.1, 0.15) is 16.7 Å². The van der Waals surface area contributed by atoms with Crippen molar-refractivity contribution < 1.29 is 4.74 Å². The molecule has 0 saturated heterocycles. The number of benzene rings is 2. The van der Waals surface area contributed by atoms with Crippen LogP contribution in [-0.4, -0.2) is 12.1 Å². The zero-order valence-corrected chi connectivity index (χ0v) is 11.1. The molecule has 0 amide bonds. The van der Waals surface area contributed by atoms with E-state index in [0.29, 0.717) is 4.88 Å². The van der Waals surface area contributed by atoms with Gasteiger partial charge in [-0.1, -0.05) is 18.2 Å². The SMILES string of the molecule is COc1ccc2cc(-c3ncsc3C#N)ccc2c1. The zero-order chi connectivity index (χ0) is 13.2. The van der Waals surface area contributed by atoms with Crippen LogP contribution >= 0.6 is 11.3 Å². The fraction of sp³-hybridized carbons (Fsp3) is 0.0667. The standard InChI is InChI=1S/C15H10N2OS/c1-18-13-5-4-10-6-12(3-2-11(10)7-13)15-14(8-16)19-9-17-15/h2-7,9H,1H3. The molecule has 3 aromatic rings. The van der Waals surface area contributed by atoms with E-state index in [9.17, 15) is 0 Å². The number of fused-ring (bicyclic) bond motifs is 1. The van der Waals surface area contributed by atoms with E-state index in [1.807, 2.05) is 36.4 Å². The summed E-state index contributed by atoms with van der Waals surface area (Å²) in [5.41, 5.74) is 3.42. The number of thiazole rings is 1. The number of nitriles is 1. The molecule has 92 valence electrons. The third-order valence-corrected chi connectivity index (χ3v) is 3.72. The molecule has 19 heavy (non-hydrogen) atoms. The fourth-order valence-corrected chi connectivity index (χ4v) is 2.63. The predicted octanol–water partition coefficient (Wildman–Crippen LogP) is 3.84. The van der Waals surface area contributed by atoms with E-state index >= 15 is 0 Å². The van der Waals surface area contributed by atoms with Gasteiger partial charge in [0.15, 0.2) is 0 Å². The molecule has 0 spiro atoms. The molecule has 3 nitrogen and oxygen atoms in total. The molecule has 0 aliphatic heterocycles. The summed E-state index contributed by atoms with van der Waals surface area (Å²) in [6.07, 6.45) is 0. The van der Waals surface area contributed by atoms with Crippen molar-refractivity contribution in [2.75, 3.05) is 7.11 Å². The first kappa shape index (κ1) is 11.7. The van der Waals surface area contributed by atoms with Crippen LogP contribution in [0.3, 0.4) is 0 Å². The van der Waals surface area contributed by atoms with E-state index in [0.717, 1.165) is 27.8 Å². The quantitative estimate of drug-likeness (QED) is 0.708. The zero-order valence-electron chi connectivity index (χ0n) is 10.3. The van der Waals surface area contributed by atoms with Crippen LogP contribution in [-0.2, 0) is 0 Å². The summed E-state index contributed by atoms with van der Waals surface area (Å²) in [5.74, 6) is 0.839. The van der Waals surface area contributed by atoms with Crippen LogP contribution in [0.1, 0.15) is 4.88 Å². The van der Waals surface area contributed by atoms with Crippen molar-refractivity contribution >= 4 is 22.1 Å². The molecule has 0 aliphatic rings. The minimum absolute atomic E-state index is 0.646. The van der Waals surface area contributed by atoms with Gasteiger partial charge in [-0.05, 0) is 29.0 Å². The molecule has 0 unspecified atom stereocenters. The monoisotopic (exact) mass is 266 g/mol. The lowest BCUT2D eigenvalue weighted by molar-refractivity contribution is 0.415. The summed E-state index contributed by atoms with van der Waals surface area (Å²) in [6, 6.07) is 14.2. The van der Waals surface area contributed by atoms with Gasteiger partial charge in [-0.15, -0.1) is 11.3 Å². The number of rotatable bonds is 2. The predicted molar refractivity (Wildman–Crippen MR) is 76.3 cm³/mol. The second-order valence-corrected chi connectivity index (χ2v) is 4.92. The van der Waals surface area contributed by atoms with Crippen LogP contribution in [0.15, 0.2) is 41.9 Å². The summed E-state index contributed by atoms with van der Waals surface area (Å²) in [6.45, 7) is 0. The lowest BCUT2D eigenvalue weighted by Crippen LogP contribution is -1.84. The first-order valence-corrected chi connectivity index (χ1v) is 6.61. The van der Waals surface area contributed by atoms with Crippen molar-refractivity contribution in [3.8, 4) is 23.1 Å². The maximum absolute atomic E-state index is 9.05. The van der Waals surface area contributed by atoms with Crippen LogP contribution in [0, 0.1) is 11.3 Å². The second-order valence-electron chi connectivity index (χ2n) is 4.07. The molecule has 0 radical (unpaired) electrons. The van der Waals surface area contributed by atoms with Gasteiger partial charge in [0.2, 0.25) is 0 Å². The lowest BCUT2D eigenvalue weighted by atomic mass is 10.0. The van der Waals surface area contributed by atoms with E-state index in [2.05, 4.69) is 11.1 Å². The average molecular weight is 266 g/mol. The van der Waals surface area contributed by atoms with Gasteiger partial charge in [0, 0.05) is 5.56 Å². The third kappa shape index (κ3) is 2.05. The number of nitrogens with zero attached hydrogens (tertiary/aromatic N) is 2. The largest absolute Gasteiger partial charge is 0.497 e. The minimum Gasteiger partial charge on any atom is -0.497 e. The number of hydrogen-bond acceptors (Lipinski definition) is 4. The molecule has 0 bridgehead atoms. The lowest BCUT2D eigenvalue weighted by Gasteiger charge is -2.04. The van der Waals surface area contributed by atoms with Gasteiger partial charge >= 0.3 is 0 Å². The highest BCUT2D eigenvalue weighted by Gasteiger charge is 2.08. The molecule has 1 heterocycles. The normalized spacial score (nSPS) is 10.3. The molecule has 0 aliphatic carbocycles. The molecule has 3 rings (SSSR count). The molecule has 0 saturated carbocycles. The molecule has 2 aromatic carbocycles. The van der Waals surface area contributed by atoms with Crippen molar-refractivity contribution in [1.29, 1.82) is 5.26 Å². The van der Waals surface area contributed by atoms with Gasteiger partial charge in [0.05, 0.1) is 18.3 Å². The van der Waals surface area contributed by atoms with E-state index < -0.39 is 0 Å². The summed E-state index contributed by atoms with van der Waals surface area (Å²) < 4.78 is 5.21. The maximum Gasteiger partial charge on any atom is 0.132 e. The third-order valence-electron chi connectivity index (χ3n) is 2.99. The van der Waals surface area contributed by atoms with Crippen LogP contribution < -0.4 is 4.74 Å². The van der Waals surface area contributed by atoms with E-state index in [1.165, 1.54) is 11.3 Å². The molecular weight excluding hydrogens is 256 g/mol. The Labute approximate surface area is 114 Å². The van der Waals surface area contributed by atoms with E-state index in [4.69, 9.17) is 10.00 Å². The van der Waals surface area contributed by atoms with Gasteiger partial charge < -0.3 is 4.74 Å². The number of hydrogen-bond donors (Lipinski definition) is 0. The van der Waals surface area contributed by atoms with Crippen molar-refractivity contribution in [1.82, 2.24) is 4.98 Å². The molecule has 4 heteroatoms. The Bertz CT molecular complexity index is 786. The molecular formula is C15H10N2OS. The molecule has 1 aromatic heterocycles. The fourth-order valence-electron chi connectivity index (χ4n) is 2.03. The summed E-state index contributed by atoms with van der Waals surface area (Å²) >= 11 is 1.36. The van der Waals surface area contributed by atoms with Gasteiger partial charge in [-0.3, -0.25) is 0 Å². The Balaban J connectivity index is 2.15. The molecule has 0 atom stereocenters. The van der Waals surface area contributed by atoms with Crippen molar-refractivity contribution in [3.63, 3.8) is 0 Å². The van der Waals surface area contributed by atoms with E-state index in [-0.39, 0.29) is 0 Å². The smallest absolute Gasteiger partial charge is 0.132 e. The van der Waals surface area contributed by atoms with Gasteiger partial charge in [-0.25, -0.2) is 4.98 Å². The van der Waals surface area contributed by atoms with Crippen LogP contribution in [0.2, 0.25) is 0 Å². The molecule has 0 fully saturated rings. The first-order chi connectivity index (χ1) is 9.31. The van der Waals surface area contributed by atoms with Crippen molar-refractivity contribution in [3.05, 3.63) is 46.8 Å². The van der Waals surface area contributed by atoms with Crippen molar-refractivity contribution in [2.24, 2.45) is 0 Å². The first-order valence-electron chi connectivity index (χ1n) is 5.73. The van der Waals surface area contributed by atoms with E-state index in [1.54, 1.807) is 12.6 Å². The topological polar surface area (TPSA) is 45.9 Å². The van der Waals surface area contributed by atoms with Crippen LogP contribution in [0.5, 0.6) is 5.75 Å². The number of aromatic nitrogens is 1. The Hall–Kier alpha value is -2.38.